The third-order valence-electron chi connectivity index (χ3n) is 4.52. The monoisotopic (exact) mass is 519 g/mol. The molecule has 1 amide bonds. The molecule has 0 saturated heterocycles. The Morgan fingerprint density at radius 1 is 0.970 bits per heavy atom. The second-order valence-electron chi connectivity index (χ2n) is 6.97. The van der Waals surface area contributed by atoms with Crippen molar-refractivity contribution < 1.29 is 9.53 Å². The second kappa shape index (κ2) is 12.1. The van der Waals surface area contributed by atoms with E-state index in [1.807, 2.05) is 55.5 Å². The van der Waals surface area contributed by atoms with Crippen LogP contribution in [0.25, 0.3) is 0 Å². The van der Waals surface area contributed by atoms with Crippen molar-refractivity contribution in [2.24, 2.45) is 0 Å². The van der Waals surface area contributed by atoms with Crippen LogP contribution in [0, 0.1) is 0 Å². The van der Waals surface area contributed by atoms with Crippen molar-refractivity contribution in [1.29, 1.82) is 0 Å². The van der Waals surface area contributed by atoms with Crippen molar-refractivity contribution in [2.75, 3.05) is 23.1 Å². The van der Waals surface area contributed by atoms with E-state index in [9.17, 15) is 4.79 Å². The third-order valence-corrected chi connectivity index (χ3v) is 6.52. The number of hydrogen-bond donors (Lipinski definition) is 3. The summed E-state index contributed by atoms with van der Waals surface area (Å²) in [5.74, 6) is 0.580. The van der Waals surface area contributed by atoms with Gasteiger partial charge in [-0.2, -0.15) is 0 Å². The van der Waals surface area contributed by atoms with Crippen LogP contribution in [0.15, 0.2) is 71.6 Å². The fourth-order valence-electron chi connectivity index (χ4n) is 3.01. The molecule has 3 rings (SSSR count). The van der Waals surface area contributed by atoms with Crippen LogP contribution in [0.3, 0.4) is 0 Å². The minimum atomic E-state index is -0.295. The Labute approximate surface area is 213 Å². The van der Waals surface area contributed by atoms with E-state index < -0.39 is 0 Å². The van der Waals surface area contributed by atoms with E-state index in [0.717, 1.165) is 16.3 Å². The fourth-order valence-corrected chi connectivity index (χ4v) is 4.78. The Kier molecular flexibility index (Phi) is 9.26. The Bertz CT molecular complexity index is 1120. The number of halogens is 2. The van der Waals surface area contributed by atoms with Gasteiger partial charge in [-0.05, 0) is 67.2 Å². The van der Waals surface area contributed by atoms with Crippen LogP contribution in [-0.4, -0.2) is 23.4 Å². The number of carbonyl (C=O) groups is 1. The number of methoxy groups -OCH3 is 1. The molecular weight excluding hydrogens is 497 g/mol. The number of nitrogens with one attached hydrogen (secondary N) is 3. The van der Waals surface area contributed by atoms with Crippen LogP contribution >= 0.6 is 47.2 Å². The average molecular weight is 521 g/mol. The van der Waals surface area contributed by atoms with E-state index in [1.54, 1.807) is 25.3 Å². The molecule has 3 N–H and O–H groups in total. The van der Waals surface area contributed by atoms with Crippen molar-refractivity contribution in [3.63, 3.8) is 0 Å². The van der Waals surface area contributed by atoms with Crippen LogP contribution in [0.1, 0.15) is 13.3 Å². The van der Waals surface area contributed by atoms with Gasteiger partial charge < -0.3 is 20.7 Å². The molecule has 0 heterocycles. The molecule has 0 aliphatic heterocycles. The largest absolute Gasteiger partial charge is 0.495 e. The van der Waals surface area contributed by atoms with E-state index in [1.165, 1.54) is 11.8 Å². The predicted octanol–water partition coefficient (Wildman–Crippen LogP) is 7.32. The summed E-state index contributed by atoms with van der Waals surface area (Å²) in [6.07, 6.45) is 0.649. The Hall–Kier alpha value is -2.45. The number of rotatable bonds is 8. The van der Waals surface area contributed by atoms with Crippen LogP contribution < -0.4 is 20.7 Å². The lowest BCUT2D eigenvalue weighted by Crippen LogP contribution is -2.24. The van der Waals surface area contributed by atoms with Gasteiger partial charge >= 0.3 is 0 Å². The number of benzene rings is 3. The second-order valence-corrected chi connectivity index (χ2v) is 9.53. The van der Waals surface area contributed by atoms with Gasteiger partial charge in [0, 0.05) is 26.3 Å². The maximum atomic E-state index is 12.8. The van der Waals surface area contributed by atoms with E-state index in [4.69, 9.17) is 40.2 Å². The molecule has 3 aromatic carbocycles. The summed E-state index contributed by atoms with van der Waals surface area (Å²) in [4.78, 5) is 13.8. The van der Waals surface area contributed by atoms with E-state index in [2.05, 4.69) is 16.0 Å². The summed E-state index contributed by atoms with van der Waals surface area (Å²) in [7, 11) is 1.61. The minimum absolute atomic E-state index is 0.118. The van der Waals surface area contributed by atoms with Crippen LogP contribution in [-0.2, 0) is 4.79 Å². The summed E-state index contributed by atoms with van der Waals surface area (Å²) in [5.41, 5.74) is 2.15. The van der Waals surface area contributed by atoms with Gasteiger partial charge in [0.1, 0.15) is 5.75 Å². The first-order valence-corrected chi connectivity index (χ1v) is 12.2. The van der Waals surface area contributed by atoms with Gasteiger partial charge in [-0.25, -0.2) is 0 Å². The number of hydrogen-bond acceptors (Lipinski definition) is 4. The molecule has 0 bridgehead atoms. The van der Waals surface area contributed by atoms with Crippen molar-refractivity contribution in [1.82, 2.24) is 0 Å². The van der Waals surface area contributed by atoms with Crippen molar-refractivity contribution in [3.05, 3.63) is 76.8 Å². The van der Waals surface area contributed by atoms with Crippen molar-refractivity contribution in [2.45, 2.75) is 23.5 Å². The van der Waals surface area contributed by atoms with Crippen LogP contribution in [0.5, 0.6) is 5.75 Å². The zero-order chi connectivity index (χ0) is 23.8. The molecular formula is C24H23Cl2N3O2S2. The lowest BCUT2D eigenvalue weighted by Gasteiger charge is -2.16. The molecule has 1 atom stereocenters. The summed E-state index contributed by atoms with van der Waals surface area (Å²) in [6.45, 7) is 1.97. The number of amides is 1. The normalized spacial score (nSPS) is 11.4. The number of para-hydroxylation sites is 2. The quantitative estimate of drug-likeness (QED) is 0.214. The van der Waals surface area contributed by atoms with Crippen LogP contribution in [0.4, 0.5) is 17.1 Å². The highest BCUT2D eigenvalue weighted by atomic mass is 35.5. The van der Waals surface area contributed by atoms with Crippen molar-refractivity contribution >= 4 is 75.3 Å². The molecule has 0 radical (unpaired) electrons. The molecule has 0 fully saturated rings. The molecule has 172 valence electrons. The third kappa shape index (κ3) is 7.54. The first kappa shape index (κ1) is 25.2. The Morgan fingerprint density at radius 3 is 2.39 bits per heavy atom. The first-order chi connectivity index (χ1) is 15.9. The van der Waals surface area contributed by atoms with E-state index in [0.29, 0.717) is 33.0 Å². The maximum Gasteiger partial charge on any atom is 0.237 e. The zero-order valence-corrected chi connectivity index (χ0v) is 21.2. The van der Waals surface area contributed by atoms with E-state index in [-0.39, 0.29) is 11.2 Å². The molecule has 0 aromatic heterocycles. The molecule has 33 heavy (non-hydrogen) atoms. The lowest BCUT2D eigenvalue weighted by molar-refractivity contribution is -0.115. The Morgan fingerprint density at radius 2 is 1.70 bits per heavy atom. The van der Waals surface area contributed by atoms with Gasteiger partial charge in [0.05, 0.1) is 18.0 Å². The lowest BCUT2D eigenvalue weighted by atomic mass is 10.2. The molecule has 1 unspecified atom stereocenters. The molecule has 3 aromatic rings. The number of thiocarbonyl (C=S) groups is 1. The smallest absolute Gasteiger partial charge is 0.237 e. The molecule has 0 aliphatic rings. The summed E-state index contributed by atoms with van der Waals surface area (Å²) in [6, 6.07) is 20.2. The van der Waals surface area contributed by atoms with Gasteiger partial charge in [-0.1, -0.05) is 48.3 Å². The Balaban J connectivity index is 1.64. The summed E-state index contributed by atoms with van der Waals surface area (Å²) >= 11 is 19.0. The topological polar surface area (TPSA) is 62.4 Å². The van der Waals surface area contributed by atoms with Crippen molar-refractivity contribution in [3.8, 4) is 5.75 Å². The number of ether oxygens (including phenoxy) is 1. The van der Waals surface area contributed by atoms with Gasteiger partial charge in [0.2, 0.25) is 5.91 Å². The summed E-state index contributed by atoms with van der Waals surface area (Å²) in [5, 5.41) is 10.3. The molecule has 0 aliphatic carbocycles. The maximum absolute atomic E-state index is 12.8. The number of anilines is 3. The highest BCUT2D eigenvalue weighted by Gasteiger charge is 2.19. The molecule has 0 spiro atoms. The fraction of sp³-hybridized carbons (Fsp3) is 0.167. The van der Waals surface area contributed by atoms with Gasteiger partial charge in [0.25, 0.3) is 0 Å². The standard InChI is InChI=1S/C24H23Cl2N3O2S2/c1-3-22(23(30)27-18-12-15(25)11-16(26)13-18)33-19-8-6-7-17(14-19)28-24(32)29-20-9-4-5-10-21(20)31-2/h4-14,22H,3H2,1-2H3,(H,27,30)(H2,28,29,32). The molecule has 0 saturated carbocycles. The van der Waals surface area contributed by atoms with Gasteiger partial charge in [0.15, 0.2) is 5.11 Å². The van der Waals surface area contributed by atoms with Gasteiger partial charge in [-0.15, -0.1) is 11.8 Å². The zero-order valence-electron chi connectivity index (χ0n) is 18.0. The van der Waals surface area contributed by atoms with E-state index >= 15 is 0 Å². The van der Waals surface area contributed by atoms with Crippen LogP contribution in [0.2, 0.25) is 10.0 Å². The highest BCUT2D eigenvalue weighted by Crippen LogP contribution is 2.30. The SMILES string of the molecule is CCC(Sc1cccc(NC(=S)Nc2ccccc2OC)c1)C(=O)Nc1cc(Cl)cc(Cl)c1. The summed E-state index contributed by atoms with van der Waals surface area (Å²) < 4.78 is 5.34. The van der Waals surface area contributed by atoms with Gasteiger partial charge in [-0.3, -0.25) is 4.79 Å². The molecule has 9 heteroatoms. The average Bonchev–Trinajstić information content (AvgIpc) is 2.77. The highest BCUT2D eigenvalue weighted by molar-refractivity contribution is 8.00. The number of carbonyl (C=O) groups excluding carboxylic acids is 1. The number of thioether (sulfide) groups is 1. The predicted molar refractivity (Wildman–Crippen MR) is 144 cm³/mol. The minimum Gasteiger partial charge on any atom is -0.495 e. The first-order valence-electron chi connectivity index (χ1n) is 10.1. The molecule has 5 nitrogen and oxygen atoms in total.